The van der Waals surface area contributed by atoms with Crippen molar-refractivity contribution in [3.8, 4) is 0 Å². The van der Waals surface area contributed by atoms with E-state index in [0.717, 1.165) is 35.0 Å². The van der Waals surface area contributed by atoms with Gasteiger partial charge in [0, 0.05) is 30.1 Å². The topological polar surface area (TPSA) is 66.5 Å². The fourth-order valence-corrected chi connectivity index (χ4v) is 6.85. The Hall–Kier alpha value is -2.70. The zero-order chi connectivity index (χ0) is 22.5. The van der Waals surface area contributed by atoms with Crippen LogP contribution in [-0.4, -0.2) is 31.7 Å². The first-order valence-corrected chi connectivity index (χ1v) is 12.7. The van der Waals surface area contributed by atoms with E-state index < -0.39 is 10.0 Å². The highest BCUT2D eigenvalue weighted by molar-refractivity contribution is 7.89. The highest BCUT2D eigenvalue weighted by Crippen LogP contribution is 2.35. The monoisotopic (exact) mass is 448 g/mol. The van der Waals surface area contributed by atoms with Gasteiger partial charge in [0.05, 0.1) is 4.90 Å². The molecule has 0 saturated carbocycles. The highest BCUT2D eigenvalue weighted by atomic mass is 32.2. The van der Waals surface area contributed by atoms with Crippen LogP contribution in [0, 0.1) is 19.8 Å². The molecule has 0 bridgehead atoms. The Morgan fingerprint density at radius 3 is 2.41 bits per heavy atom. The zero-order valence-corrected chi connectivity index (χ0v) is 19.3. The second kappa shape index (κ2) is 8.01. The number of nitrogens with zero attached hydrogens (tertiary/aromatic N) is 1. The number of hydrogen-bond acceptors (Lipinski definition) is 3. The summed E-state index contributed by atoms with van der Waals surface area (Å²) in [7, 11) is -3.55. The van der Waals surface area contributed by atoms with Gasteiger partial charge in [-0.1, -0.05) is 42.0 Å². The van der Waals surface area contributed by atoms with Gasteiger partial charge in [-0.05, 0) is 73.7 Å². The van der Waals surface area contributed by atoms with Crippen LogP contribution in [0.2, 0.25) is 0 Å². The number of amides is 1. The number of piperidine rings is 1. The van der Waals surface area contributed by atoms with Crippen LogP contribution in [0.3, 0.4) is 0 Å². The summed E-state index contributed by atoms with van der Waals surface area (Å²) in [6, 6.07) is 15.8. The Balaban J connectivity index is 1.29. The van der Waals surface area contributed by atoms with Gasteiger partial charge in [0.2, 0.25) is 15.9 Å². The maximum Gasteiger partial charge on any atom is 0.243 e. The molecule has 2 aliphatic rings. The Labute approximate surface area is 189 Å². The van der Waals surface area contributed by atoms with Crippen molar-refractivity contribution in [2.75, 3.05) is 18.4 Å². The molecule has 1 aliphatic carbocycles. The van der Waals surface area contributed by atoms with Gasteiger partial charge in [0.15, 0.2) is 0 Å². The lowest BCUT2D eigenvalue weighted by Gasteiger charge is -2.31. The number of anilines is 1. The third-order valence-corrected chi connectivity index (χ3v) is 8.97. The molecule has 1 saturated heterocycles. The average Bonchev–Trinajstić information content (AvgIpc) is 3.20. The smallest absolute Gasteiger partial charge is 0.243 e. The van der Waals surface area contributed by atoms with E-state index in [1.165, 1.54) is 20.8 Å². The number of benzene rings is 3. The maximum atomic E-state index is 13.1. The molecule has 5 nitrogen and oxygen atoms in total. The molecule has 1 heterocycles. The first kappa shape index (κ1) is 21.2. The standard InChI is InChI=1S/C26H28N2O3S/c1-17-6-11-24(18(2)16-17)32(30,31)28-14-12-21(13-15-28)26(29)27-23-10-9-20-8-7-19-4-3-5-22(23)25(19)20/h3-6,9-11,16,21H,7-8,12-15H2,1-2H3,(H,27,29). The molecule has 0 atom stereocenters. The van der Waals surface area contributed by atoms with E-state index in [4.69, 9.17) is 0 Å². The number of carbonyl (C=O) groups is 1. The van der Waals surface area contributed by atoms with Gasteiger partial charge in [-0.15, -0.1) is 0 Å². The number of nitrogens with one attached hydrogen (secondary N) is 1. The van der Waals surface area contributed by atoms with Crippen molar-refractivity contribution in [1.82, 2.24) is 4.31 Å². The first-order valence-electron chi connectivity index (χ1n) is 11.3. The lowest BCUT2D eigenvalue weighted by molar-refractivity contribution is -0.120. The lowest BCUT2D eigenvalue weighted by Crippen LogP contribution is -2.41. The van der Waals surface area contributed by atoms with Crippen molar-refractivity contribution in [2.45, 2.75) is 44.4 Å². The summed E-state index contributed by atoms with van der Waals surface area (Å²) in [6.45, 7) is 4.50. The van der Waals surface area contributed by atoms with Crippen LogP contribution < -0.4 is 5.32 Å². The van der Waals surface area contributed by atoms with Crippen LogP contribution in [0.4, 0.5) is 5.69 Å². The number of hydrogen-bond donors (Lipinski definition) is 1. The molecule has 1 fully saturated rings. The zero-order valence-electron chi connectivity index (χ0n) is 18.5. The molecular weight excluding hydrogens is 420 g/mol. The molecule has 6 heteroatoms. The van der Waals surface area contributed by atoms with Crippen molar-refractivity contribution >= 4 is 32.4 Å². The molecule has 0 unspecified atom stereocenters. The van der Waals surface area contributed by atoms with Crippen LogP contribution in [0.15, 0.2) is 53.4 Å². The number of aryl methyl sites for hydroxylation is 4. The Kier molecular flexibility index (Phi) is 5.30. The predicted octanol–water partition coefficient (Wildman–Crippen LogP) is 4.59. The molecule has 3 aromatic rings. The maximum absolute atomic E-state index is 13.1. The predicted molar refractivity (Wildman–Crippen MR) is 127 cm³/mol. The number of carbonyl (C=O) groups excluding carboxylic acids is 1. The van der Waals surface area contributed by atoms with E-state index in [-0.39, 0.29) is 11.8 Å². The van der Waals surface area contributed by atoms with E-state index in [1.807, 2.05) is 32.0 Å². The molecular formula is C26H28N2O3S. The molecule has 1 N–H and O–H groups in total. The van der Waals surface area contributed by atoms with E-state index in [9.17, 15) is 13.2 Å². The van der Waals surface area contributed by atoms with Gasteiger partial charge in [-0.3, -0.25) is 4.79 Å². The Morgan fingerprint density at radius 1 is 0.969 bits per heavy atom. The largest absolute Gasteiger partial charge is 0.325 e. The van der Waals surface area contributed by atoms with Gasteiger partial charge in [0.25, 0.3) is 0 Å². The van der Waals surface area contributed by atoms with Gasteiger partial charge in [0.1, 0.15) is 0 Å². The van der Waals surface area contributed by atoms with Crippen LogP contribution in [0.1, 0.15) is 35.1 Å². The average molecular weight is 449 g/mol. The molecule has 3 aromatic carbocycles. The summed E-state index contributed by atoms with van der Waals surface area (Å²) in [5.41, 5.74) is 5.34. The van der Waals surface area contributed by atoms with Crippen molar-refractivity contribution in [3.05, 3.63) is 70.8 Å². The SMILES string of the molecule is Cc1ccc(S(=O)(=O)N2CCC(C(=O)Nc3ccc4c5c(cccc35)CC4)CC2)c(C)c1. The minimum atomic E-state index is -3.55. The van der Waals surface area contributed by atoms with Crippen LogP contribution in [-0.2, 0) is 27.7 Å². The van der Waals surface area contributed by atoms with E-state index in [1.54, 1.807) is 6.07 Å². The molecule has 166 valence electrons. The molecule has 0 aromatic heterocycles. The summed E-state index contributed by atoms with van der Waals surface area (Å²) < 4.78 is 27.8. The fraction of sp³-hybridized carbons (Fsp3) is 0.346. The number of sulfonamides is 1. The normalized spacial score (nSPS) is 17.1. The summed E-state index contributed by atoms with van der Waals surface area (Å²) in [6.07, 6.45) is 3.16. The van der Waals surface area contributed by atoms with Crippen molar-refractivity contribution in [3.63, 3.8) is 0 Å². The number of rotatable bonds is 4. The first-order chi connectivity index (χ1) is 15.3. The lowest BCUT2D eigenvalue weighted by atomic mass is 9.96. The fourth-order valence-electron chi connectivity index (χ4n) is 5.18. The van der Waals surface area contributed by atoms with Crippen LogP contribution in [0.25, 0.3) is 10.8 Å². The quantitative estimate of drug-likeness (QED) is 0.635. The second-order valence-electron chi connectivity index (χ2n) is 9.05. The van der Waals surface area contributed by atoms with Gasteiger partial charge >= 0.3 is 0 Å². The van der Waals surface area contributed by atoms with E-state index in [2.05, 4.69) is 29.6 Å². The minimum absolute atomic E-state index is 0.0211. The molecule has 0 spiro atoms. The summed E-state index contributed by atoms with van der Waals surface area (Å²) in [5, 5.41) is 5.51. The minimum Gasteiger partial charge on any atom is -0.325 e. The molecule has 0 radical (unpaired) electrons. The van der Waals surface area contributed by atoms with Crippen LogP contribution >= 0.6 is 0 Å². The summed E-state index contributed by atoms with van der Waals surface area (Å²) in [4.78, 5) is 13.4. The van der Waals surface area contributed by atoms with E-state index >= 15 is 0 Å². The van der Waals surface area contributed by atoms with Crippen molar-refractivity contribution < 1.29 is 13.2 Å². The van der Waals surface area contributed by atoms with E-state index in [0.29, 0.717) is 30.8 Å². The van der Waals surface area contributed by atoms with Crippen molar-refractivity contribution in [1.29, 1.82) is 0 Å². The van der Waals surface area contributed by atoms with Crippen LogP contribution in [0.5, 0.6) is 0 Å². The highest BCUT2D eigenvalue weighted by Gasteiger charge is 2.33. The van der Waals surface area contributed by atoms with Gasteiger partial charge in [-0.25, -0.2) is 8.42 Å². The Bertz CT molecular complexity index is 1310. The summed E-state index contributed by atoms with van der Waals surface area (Å²) >= 11 is 0. The Morgan fingerprint density at radius 2 is 1.69 bits per heavy atom. The third kappa shape index (κ3) is 3.61. The molecule has 1 aliphatic heterocycles. The van der Waals surface area contributed by atoms with Gasteiger partial charge in [-0.2, -0.15) is 4.31 Å². The summed E-state index contributed by atoms with van der Waals surface area (Å²) in [5.74, 6) is -0.212. The van der Waals surface area contributed by atoms with Crippen molar-refractivity contribution in [2.24, 2.45) is 5.92 Å². The molecule has 1 amide bonds. The molecule has 32 heavy (non-hydrogen) atoms. The third-order valence-electron chi connectivity index (χ3n) is 6.91. The second-order valence-corrected chi connectivity index (χ2v) is 11.0. The molecule has 5 rings (SSSR count). The van der Waals surface area contributed by atoms with Gasteiger partial charge < -0.3 is 5.32 Å².